The molecule has 3 heteroatoms. The van der Waals surface area contributed by atoms with E-state index in [0.717, 1.165) is 24.1 Å². The molecule has 0 aliphatic rings. The van der Waals surface area contributed by atoms with Gasteiger partial charge < -0.3 is 0 Å². The fourth-order valence-electron chi connectivity index (χ4n) is 2.10. The van der Waals surface area contributed by atoms with Crippen molar-refractivity contribution in [3.05, 3.63) is 65.0 Å². The van der Waals surface area contributed by atoms with Gasteiger partial charge in [0.15, 0.2) is 0 Å². The van der Waals surface area contributed by atoms with Crippen LogP contribution in [0.2, 0.25) is 0 Å². The molecule has 0 amide bonds. The minimum atomic E-state index is 0.148. The summed E-state index contributed by atoms with van der Waals surface area (Å²) >= 11 is 0. The number of hydrogen-bond acceptors (Lipinski definition) is 3. The zero-order valence-corrected chi connectivity index (χ0v) is 11.6. The van der Waals surface area contributed by atoms with Crippen molar-refractivity contribution >= 4 is 0 Å². The van der Waals surface area contributed by atoms with Crippen LogP contribution in [0.5, 0.6) is 0 Å². The van der Waals surface area contributed by atoms with Gasteiger partial charge in [-0.05, 0) is 43.9 Å². The van der Waals surface area contributed by atoms with Crippen molar-refractivity contribution in [2.24, 2.45) is 5.84 Å². The Hall–Kier alpha value is -1.71. The number of aromatic nitrogens is 1. The Morgan fingerprint density at radius 3 is 2.42 bits per heavy atom. The van der Waals surface area contributed by atoms with Gasteiger partial charge in [-0.15, -0.1) is 0 Å². The van der Waals surface area contributed by atoms with Crippen molar-refractivity contribution < 1.29 is 0 Å². The summed E-state index contributed by atoms with van der Waals surface area (Å²) < 4.78 is 0. The van der Waals surface area contributed by atoms with E-state index in [-0.39, 0.29) is 6.04 Å². The van der Waals surface area contributed by atoms with Crippen LogP contribution in [0.15, 0.2) is 42.6 Å². The van der Waals surface area contributed by atoms with Crippen LogP contribution in [0.4, 0.5) is 0 Å². The fourth-order valence-corrected chi connectivity index (χ4v) is 2.10. The molecule has 1 heterocycles. The fraction of sp³-hybridized carbons (Fsp3) is 0.312. The second kappa shape index (κ2) is 6.45. The third kappa shape index (κ3) is 3.88. The molecule has 19 heavy (non-hydrogen) atoms. The molecule has 0 bridgehead atoms. The van der Waals surface area contributed by atoms with E-state index >= 15 is 0 Å². The molecule has 3 N–H and O–H groups in total. The summed E-state index contributed by atoms with van der Waals surface area (Å²) in [6, 6.07) is 12.9. The van der Waals surface area contributed by atoms with Crippen LogP contribution >= 0.6 is 0 Å². The van der Waals surface area contributed by atoms with Gasteiger partial charge in [0, 0.05) is 17.9 Å². The first-order chi connectivity index (χ1) is 9.19. The predicted octanol–water partition coefficient (Wildman–Crippen LogP) is 2.84. The Bertz CT molecular complexity index is 503. The molecule has 0 aliphatic carbocycles. The molecule has 0 fully saturated rings. The third-order valence-corrected chi connectivity index (χ3v) is 3.38. The van der Waals surface area contributed by atoms with Crippen LogP contribution in [-0.4, -0.2) is 4.98 Å². The van der Waals surface area contributed by atoms with Crippen LogP contribution < -0.4 is 11.3 Å². The van der Waals surface area contributed by atoms with Crippen LogP contribution in [0, 0.1) is 13.8 Å². The zero-order valence-electron chi connectivity index (χ0n) is 11.6. The molecule has 0 radical (unpaired) electrons. The van der Waals surface area contributed by atoms with Gasteiger partial charge in [-0.3, -0.25) is 16.3 Å². The van der Waals surface area contributed by atoms with Gasteiger partial charge in [-0.25, -0.2) is 0 Å². The summed E-state index contributed by atoms with van der Waals surface area (Å²) in [5, 5.41) is 0. The summed E-state index contributed by atoms with van der Waals surface area (Å²) in [5.74, 6) is 5.65. The molecule has 0 saturated heterocycles. The van der Waals surface area contributed by atoms with Gasteiger partial charge in [-0.2, -0.15) is 0 Å². The molecule has 3 nitrogen and oxygen atoms in total. The average molecular weight is 255 g/mol. The number of hydrogen-bond donors (Lipinski definition) is 2. The maximum atomic E-state index is 5.65. The first kappa shape index (κ1) is 13.7. The van der Waals surface area contributed by atoms with E-state index in [2.05, 4.69) is 47.7 Å². The smallest absolute Gasteiger partial charge is 0.0478 e. The lowest BCUT2D eigenvalue weighted by Crippen LogP contribution is -2.28. The highest BCUT2D eigenvalue weighted by atomic mass is 15.2. The van der Waals surface area contributed by atoms with Crippen molar-refractivity contribution in [3.63, 3.8) is 0 Å². The quantitative estimate of drug-likeness (QED) is 0.638. The minimum Gasteiger partial charge on any atom is -0.271 e. The lowest BCUT2D eigenvalue weighted by atomic mass is 10.00. The maximum absolute atomic E-state index is 5.65. The van der Waals surface area contributed by atoms with E-state index in [1.54, 1.807) is 0 Å². The van der Waals surface area contributed by atoms with Gasteiger partial charge >= 0.3 is 0 Å². The summed E-state index contributed by atoms with van der Waals surface area (Å²) in [4.78, 5) is 4.32. The van der Waals surface area contributed by atoms with Gasteiger partial charge in [0.2, 0.25) is 0 Å². The normalized spacial score (nSPS) is 12.4. The molecule has 2 aromatic rings. The summed E-state index contributed by atoms with van der Waals surface area (Å²) in [7, 11) is 0. The minimum absolute atomic E-state index is 0.148. The molecule has 1 aromatic carbocycles. The number of nitrogens with two attached hydrogens (primary N) is 1. The van der Waals surface area contributed by atoms with Crippen LogP contribution in [0.1, 0.15) is 34.8 Å². The molecule has 0 aliphatic heterocycles. The van der Waals surface area contributed by atoms with E-state index in [9.17, 15) is 0 Å². The Balaban J connectivity index is 1.99. The van der Waals surface area contributed by atoms with E-state index in [0.29, 0.717) is 0 Å². The Labute approximate surface area is 114 Å². The van der Waals surface area contributed by atoms with E-state index in [4.69, 9.17) is 5.84 Å². The van der Waals surface area contributed by atoms with E-state index < -0.39 is 0 Å². The van der Waals surface area contributed by atoms with Crippen molar-refractivity contribution in [2.45, 2.75) is 32.7 Å². The van der Waals surface area contributed by atoms with Gasteiger partial charge in [0.25, 0.3) is 0 Å². The summed E-state index contributed by atoms with van der Waals surface area (Å²) in [5.41, 5.74) is 7.67. The predicted molar refractivity (Wildman–Crippen MR) is 78.5 cm³/mol. The Morgan fingerprint density at radius 2 is 1.84 bits per heavy atom. The topological polar surface area (TPSA) is 50.9 Å². The standard InChI is InChI=1S/C16H21N3/c1-12-3-6-14(7-4-12)8-10-16(19-17)15-9-5-13(2)18-11-15/h3-7,9,11,16,19H,8,10,17H2,1-2H3. The monoisotopic (exact) mass is 255 g/mol. The van der Waals surface area contributed by atoms with Gasteiger partial charge in [-0.1, -0.05) is 35.9 Å². The van der Waals surface area contributed by atoms with Crippen LogP contribution in [0.3, 0.4) is 0 Å². The largest absolute Gasteiger partial charge is 0.271 e. The number of hydrazine groups is 1. The highest BCUT2D eigenvalue weighted by molar-refractivity contribution is 5.22. The zero-order chi connectivity index (χ0) is 13.7. The highest BCUT2D eigenvalue weighted by Gasteiger charge is 2.09. The van der Waals surface area contributed by atoms with Crippen molar-refractivity contribution in [3.8, 4) is 0 Å². The molecule has 1 aromatic heterocycles. The Kier molecular flexibility index (Phi) is 4.66. The number of aryl methyl sites for hydroxylation is 3. The molecule has 2 rings (SSSR count). The number of nitrogens with one attached hydrogen (secondary N) is 1. The molecule has 1 atom stereocenters. The maximum Gasteiger partial charge on any atom is 0.0478 e. The van der Waals surface area contributed by atoms with Gasteiger partial charge in [0.1, 0.15) is 0 Å². The number of pyridine rings is 1. The lowest BCUT2D eigenvalue weighted by Gasteiger charge is -2.16. The average Bonchev–Trinajstić information content (AvgIpc) is 2.43. The first-order valence-corrected chi connectivity index (χ1v) is 6.63. The van der Waals surface area contributed by atoms with Crippen molar-refractivity contribution in [1.29, 1.82) is 0 Å². The third-order valence-electron chi connectivity index (χ3n) is 3.38. The molecule has 0 spiro atoms. The lowest BCUT2D eigenvalue weighted by molar-refractivity contribution is 0.515. The molecule has 1 unspecified atom stereocenters. The first-order valence-electron chi connectivity index (χ1n) is 6.63. The summed E-state index contributed by atoms with van der Waals surface area (Å²) in [6.45, 7) is 4.09. The van der Waals surface area contributed by atoms with Gasteiger partial charge in [0.05, 0.1) is 0 Å². The number of nitrogens with zero attached hydrogens (tertiary/aromatic N) is 1. The Morgan fingerprint density at radius 1 is 1.11 bits per heavy atom. The molecule has 0 saturated carbocycles. The molecular formula is C16H21N3. The number of benzene rings is 1. The van der Waals surface area contributed by atoms with Crippen molar-refractivity contribution in [2.75, 3.05) is 0 Å². The van der Waals surface area contributed by atoms with E-state index in [1.165, 1.54) is 11.1 Å². The van der Waals surface area contributed by atoms with Crippen LogP contribution in [0.25, 0.3) is 0 Å². The SMILES string of the molecule is Cc1ccc(CCC(NN)c2ccc(C)nc2)cc1. The van der Waals surface area contributed by atoms with Crippen molar-refractivity contribution in [1.82, 2.24) is 10.4 Å². The van der Waals surface area contributed by atoms with E-state index in [1.807, 2.05) is 19.2 Å². The highest BCUT2D eigenvalue weighted by Crippen LogP contribution is 2.18. The molecular weight excluding hydrogens is 234 g/mol. The second-order valence-electron chi connectivity index (χ2n) is 4.98. The second-order valence-corrected chi connectivity index (χ2v) is 4.98. The summed E-state index contributed by atoms with van der Waals surface area (Å²) in [6.07, 6.45) is 3.86. The van der Waals surface area contributed by atoms with Crippen LogP contribution in [-0.2, 0) is 6.42 Å². The molecule has 100 valence electrons. The number of rotatable bonds is 5.